The summed E-state index contributed by atoms with van der Waals surface area (Å²) in [7, 11) is 3.34. The van der Waals surface area contributed by atoms with Gasteiger partial charge in [0.1, 0.15) is 5.75 Å². The van der Waals surface area contributed by atoms with Gasteiger partial charge in [-0.15, -0.1) is 0 Å². The van der Waals surface area contributed by atoms with Crippen LogP contribution in [0.15, 0.2) is 53.6 Å². The summed E-state index contributed by atoms with van der Waals surface area (Å²) in [6.45, 7) is 1.80. The Balaban J connectivity index is 1.99. The van der Waals surface area contributed by atoms with Crippen LogP contribution in [0, 0.1) is 10.1 Å². The fourth-order valence-electron chi connectivity index (χ4n) is 1.97. The molecule has 26 heavy (non-hydrogen) atoms. The van der Waals surface area contributed by atoms with Crippen molar-refractivity contribution in [3.63, 3.8) is 0 Å². The molecule has 0 aliphatic heterocycles. The Morgan fingerprint density at radius 2 is 1.92 bits per heavy atom. The quantitative estimate of drug-likeness (QED) is 0.467. The standard InChI is InChI=1S/C18H20N4O4/c1-13(19-20-15-5-4-6-16(11-15)22(24)25)14-7-9-17(10-8-14)26-12-18(23)21(2)3/h4-11,20H,12H2,1-3H3/b19-13+. The van der Waals surface area contributed by atoms with Crippen molar-refractivity contribution in [1.82, 2.24) is 4.90 Å². The Bertz CT molecular complexity index is 816. The second-order valence-electron chi connectivity index (χ2n) is 5.72. The third kappa shape index (κ3) is 5.30. The minimum Gasteiger partial charge on any atom is -0.484 e. The van der Waals surface area contributed by atoms with Crippen LogP contribution in [0.5, 0.6) is 5.75 Å². The monoisotopic (exact) mass is 356 g/mol. The van der Waals surface area contributed by atoms with Crippen molar-refractivity contribution < 1.29 is 14.5 Å². The van der Waals surface area contributed by atoms with Crippen LogP contribution in [0.4, 0.5) is 11.4 Å². The molecule has 0 fully saturated rings. The van der Waals surface area contributed by atoms with Gasteiger partial charge in [0.25, 0.3) is 11.6 Å². The maximum Gasteiger partial charge on any atom is 0.271 e. The number of likely N-dealkylation sites (N-methyl/N-ethyl adjacent to an activating group) is 1. The molecule has 8 nitrogen and oxygen atoms in total. The number of benzene rings is 2. The SMILES string of the molecule is C/C(=N\Nc1cccc([N+](=O)[O-])c1)c1ccc(OCC(=O)N(C)C)cc1. The van der Waals surface area contributed by atoms with Gasteiger partial charge in [0.15, 0.2) is 6.61 Å². The second kappa shape index (κ2) is 8.61. The lowest BCUT2D eigenvalue weighted by molar-refractivity contribution is -0.384. The Morgan fingerprint density at radius 1 is 1.23 bits per heavy atom. The van der Waals surface area contributed by atoms with E-state index in [1.54, 1.807) is 38.4 Å². The summed E-state index contributed by atoms with van der Waals surface area (Å²) >= 11 is 0. The summed E-state index contributed by atoms with van der Waals surface area (Å²) in [5.74, 6) is 0.469. The summed E-state index contributed by atoms with van der Waals surface area (Å²) in [4.78, 5) is 23.3. The zero-order valence-electron chi connectivity index (χ0n) is 14.8. The maximum absolute atomic E-state index is 11.5. The molecular weight excluding hydrogens is 336 g/mol. The zero-order valence-corrected chi connectivity index (χ0v) is 14.8. The van der Waals surface area contributed by atoms with Crippen LogP contribution in [-0.4, -0.2) is 42.1 Å². The molecule has 0 aliphatic rings. The minimum absolute atomic E-state index is 0.00312. The topological polar surface area (TPSA) is 97.1 Å². The smallest absolute Gasteiger partial charge is 0.271 e. The number of rotatable bonds is 7. The number of amides is 1. The van der Waals surface area contributed by atoms with Gasteiger partial charge >= 0.3 is 0 Å². The molecule has 0 saturated carbocycles. The van der Waals surface area contributed by atoms with E-state index in [0.717, 1.165) is 5.56 Å². The van der Waals surface area contributed by atoms with Gasteiger partial charge in [0, 0.05) is 26.2 Å². The van der Waals surface area contributed by atoms with Gasteiger partial charge in [0.2, 0.25) is 0 Å². The number of ether oxygens (including phenoxy) is 1. The highest BCUT2D eigenvalue weighted by Crippen LogP contribution is 2.17. The number of hydrogen-bond acceptors (Lipinski definition) is 6. The van der Waals surface area contributed by atoms with E-state index in [-0.39, 0.29) is 18.2 Å². The summed E-state index contributed by atoms with van der Waals surface area (Å²) in [5.41, 5.74) is 4.89. The van der Waals surface area contributed by atoms with E-state index in [1.165, 1.54) is 17.0 Å². The molecule has 136 valence electrons. The molecule has 0 atom stereocenters. The van der Waals surface area contributed by atoms with Gasteiger partial charge in [-0.2, -0.15) is 5.10 Å². The number of nitro groups is 1. The first-order valence-corrected chi connectivity index (χ1v) is 7.85. The number of nitro benzene ring substituents is 1. The first-order chi connectivity index (χ1) is 12.4. The molecule has 0 spiro atoms. The lowest BCUT2D eigenvalue weighted by Crippen LogP contribution is -2.27. The largest absolute Gasteiger partial charge is 0.484 e. The van der Waals surface area contributed by atoms with Gasteiger partial charge in [-0.1, -0.05) is 6.07 Å². The van der Waals surface area contributed by atoms with Crippen LogP contribution >= 0.6 is 0 Å². The third-order valence-corrected chi connectivity index (χ3v) is 3.54. The molecule has 0 heterocycles. The number of nitrogens with one attached hydrogen (secondary N) is 1. The summed E-state index contributed by atoms with van der Waals surface area (Å²) in [6.07, 6.45) is 0. The second-order valence-corrected chi connectivity index (χ2v) is 5.72. The molecule has 0 saturated heterocycles. The highest BCUT2D eigenvalue weighted by molar-refractivity contribution is 5.99. The predicted molar refractivity (Wildman–Crippen MR) is 99.6 cm³/mol. The van der Waals surface area contributed by atoms with Crippen LogP contribution in [0.3, 0.4) is 0 Å². The van der Waals surface area contributed by atoms with Gasteiger partial charge < -0.3 is 9.64 Å². The molecule has 1 N–H and O–H groups in total. The van der Waals surface area contributed by atoms with Crippen molar-refractivity contribution in [2.24, 2.45) is 5.10 Å². The average Bonchev–Trinajstić information content (AvgIpc) is 2.64. The van der Waals surface area contributed by atoms with Crippen molar-refractivity contribution in [1.29, 1.82) is 0 Å². The van der Waals surface area contributed by atoms with E-state index in [2.05, 4.69) is 10.5 Å². The molecule has 0 radical (unpaired) electrons. The zero-order chi connectivity index (χ0) is 19.1. The summed E-state index contributed by atoms with van der Waals surface area (Å²) in [6, 6.07) is 13.3. The maximum atomic E-state index is 11.5. The van der Waals surface area contributed by atoms with Crippen LogP contribution in [-0.2, 0) is 4.79 Å². The highest BCUT2D eigenvalue weighted by Gasteiger charge is 2.06. The first kappa shape index (κ1) is 18.9. The third-order valence-electron chi connectivity index (χ3n) is 3.54. The van der Waals surface area contributed by atoms with Crippen molar-refractivity contribution >= 4 is 23.0 Å². The van der Waals surface area contributed by atoms with Gasteiger partial charge in [-0.05, 0) is 42.8 Å². The van der Waals surface area contributed by atoms with E-state index in [4.69, 9.17) is 4.74 Å². The highest BCUT2D eigenvalue weighted by atomic mass is 16.6. The number of hydrazone groups is 1. The molecule has 2 aromatic rings. The van der Waals surface area contributed by atoms with Crippen LogP contribution in [0.1, 0.15) is 12.5 Å². The lowest BCUT2D eigenvalue weighted by Gasteiger charge is -2.11. The molecule has 0 unspecified atom stereocenters. The van der Waals surface area contributed by atoms with Crippen molar-refractivity contribution in [2.45, 2.75) is 6.92 Å². The number of carbonyl (C=O) groups excluding carboxylic acids is 1. The predicted octanol–water partition coefficient (Wildman–Crippen LogP) is 2.90. The Morgan fingerprint density at radius 3 is 2.54 bits per heavy atom. The van der Waals surface area contributed by atoms with E-state index < -0.39 is 4.92 Å². The normalized spacial score (nSPS) is 11.0. The molecule has 2 aromatic carbocycles. The van der Waals surface area contributed by atoms with Gasteiger partial charge in [-0.25, -0.2) is 0 Å². The molecule has 1 amide bonds. The van der Waals surface area contributed by atoms with Crippen LogP contribution in [0.2, 0.25) is 0 Å². The number of nitrogens with zero attached hydrogens (tertiary/aromatic N) is 3. The van der Waals surface area contributed by atoms with Crippen LogP contribution < -0.4 is 10.2 Å². The molecule has 0 bridgehead atoms. The fraction of sp³-hybridized carbons (Fsp3) is 0.222. The van der Waals surface area contributed by atoms with E-state index in [0.29, 0.717) is 17.1 Å². The molecular formula is C18H20N4O4. The molecule has 0 aliphatic carbocycles. The van der Waals surface area contributed by atoms with Gasteiger partial charge in [-0.3, -0.25) is 20.3 Å². The lowest BCUT2D eigenvalue weighted by atomic mass is 10.1. The number of carbonyl (C=O) groups is 1. The summed E-state index contributed by atoms with van der Waals surface area (Å²) < 4.78 is 5.42. The van der Waals surface area contributed by atoms with Crippen molar-refractivity contribution in [2.75, 3.05) is 26.1 Å². The van der Waals surface area contributed by atoms with Gasteiger partial charge in [0.05, 0.1) is 16.3 Å². The average molecular weight is 356 g/mol. The van der Waals surface area contributed by atoms with E-state index in [9.17, 15) is 14.9 Å². The summed E-state index contributed by atoms with van der Waals surface area (Å²) in [5, 5.41) is 15.0. The number of hydrogen-bond donors (Lipinski definition) is 1. The fourth-order valence-corrected chi connectivity index (χ4v) is 1.97. The first-order valence-electron chi connectivity index (χ1n) is 7.85. The minimum atomic E-state index is -0.457. The van der Waals surface area contributed by atoms with E-state index >= 15 is 0 Å². The Kier molecular flexibility index (Phi) is 6.26. The van der Waals surface area contributed by atoms with Crippen molar-refractivity contribution in [3.05, 3.63) is 64.2 Å². The number of non-ortho nitro benzene ring substituents is 1. The number of anilines is 1. The Hall–Kier alpha value is -3.42. The molecule has 2 rings (SSSR count). The van der Waals surface area contributed by atoms with Crippen LogP contribution in [0.25, 0.3) is 0 Å². The Labute approximate surface area is 151 Å². The molecule has 0 aromatic heterocycles. The molecule has 8 heteroatoms. The van der Waals surface area contributed by atoms with Crippen molar-refractivity contribution in [3.8, 4) is 5.75 Å². The van der Waals surface area contributed by atoms with E-state index in [1.807, 2.05) is 19.1 Å².